The summed E-state index contributed by atoms with van der Waals surface area (Å²) in [5, 5.41) is 4.44. The number of likely N-dealkylation sites (tertiary alicyclic amines) is 1. The van der Waals surface area contributed by atoms with E-state index in [1.54, 1.807) is 0 Å². The molecule has 3 aromatic rings. The molecule has 5 rings (SSSR count). The van der Waals surface area contributed by atoms with Gasteiger partial charge in [0.2, 0.25) is 0 Å². The minimum atomic E-state index is -0.310. The minimum absolute atomic E-state index is 0.0423. The number of carbonyl (C=O) groups excluding carboxylic acids is 1. The number of aromatic nitrogens is 1. The Kier molecular flexibility index (Phi) is 5.14. The van der Waals surface area contributed by atoms with Crippen molar-refractivity contribution in [3.05, 3.63) is 71.4 Å². The van der Waals surface area contributed by atoms with E-state index >= 15 is 0 Å². The number of likely N-dealkylation sites (N-methyl/N-ethyl adjacent to an activating group) is 1. The van der Waals surface area contributed by atoms with Crippen molar-refractivity contribution in [2.45, 2.75) is 44.2 Å². The molecule has 1 aliphatic heterocycles. The average molecular weight is 416 g/mol. The van der Waals surface area contributed by atoms with Gasteiger partial charge < -0.3 is 15.0 Å². The van der Waals surface area contributed by atoms with Crippen molar-refractivity contribution in [3.63, 3.8) is 0 Å². The number of aryl methyl sites for hydroxylation is 1. The van der Waals surface area contributed by atoms with Crippen LogP contribution in [0.5, 0.6) is 5.75 Å². The molecule has 1 atom stereocenters. The normalized spacial score (nSPS) is 20.0. The molecule has 0 spiro atoms. The van der Waals surface area contributed by atoms with E-state index < -0.39 is 0 Å². The van der Waals surface area contributed by atoms with Crippen molar-refractivity contribution >= 4 is 16.8 Å². The van der Waals surface area contributed by atoms with E-state index in [-0.39, 0.29) is 11.4 Å². The third-order valence-corrected chi connectivity index (χ3v) is 6.83. The zero-order valence-corrected chi connectivity index (χ0v) is 18.2. The summed E-state index contributed by atoms with van der Waals surface area (Å²) in [7, 11) is 2.15. The summed E-state index contributed by atoms with van der Waals surface area (Å²) in [5.74, 6) is 0.717. The van der Waals surface area contributed by atoms with Crippen LogP contribution >= 0.6 is 0 Å². The summed E-state index contributed by atoms with van der Waals surface area (Å²) in [6.07, 6.45) is 6.07. The lowest BCUT2D eigenvalue weighted by Gasteiger charge is -2.22. The number of nitrogens with one attached hydrogen (secondary N) is 1. The van der Waals surface area contributed by atoms with Crippen LogP contribution in [0.25, 0.3) is 10.9 Å². The van der Waals surface area contributed by atoms with Crippen LogP contribution in [0.15, 0.2) is 54.7 Å². The summed E-state index contributed by atoms with van der Waals surface area (Å²) in [6, 6.07) is 16.5. The van der Waals surface area contributed by atoms with E-state index in [9.17, 15) is 4.79 Å². The number of ether oxygens (including phenoxy) is 1. The van der Waals surface area contributed by atoms with Crippen LogP contribution in [-0.4, -0.2) is 42.0 Å². The monoisotopic (exact) mass is 415 g/mol. The molecule has 31 heavy (non-hydrogen) atoms. The summed E-state index contributed by atoms with van der Waals surface area (Å²) < 4.78 is 6.06. The second kappa shape index (κ2) is 7.97. The number of nitrogens with zero attached hydrogens (tertiary/aromatic N) is 2. The zero-order valence-electron chi connectivity index (χ0n) is 18.2. The van der Waals surface area contributed by atoms with Gasteiger partial charge in [-0.15, -0.1) is 0 Å². The largest absolute Gasteiger partial charge is 0.492 e. The van der Waals surface area contributed by atoms with E-state index in [1.165, 1.54) is 6.42 Å². The maximum absolute atomic E-state index is 13.3. The molecule has 1 aliphatic carbocycles. The van der Waals surface area contributed by atoms with Crippen molar-refractivity contribution in [1.29, 1.82) is 0 Å². The molecule has 1 N–H and O–H groups in total. The van der Waals surface area contributed by atoms with Gasteiger partial charge in [-0.25, -0.2) is 0 Å². The van der Waals surface area contributed by atoms with Gasteiger partial charge in [0.1, 0.15) is 12.4 Å². The van der Waals surface area contributed by atoms with Gasteiger partial charge >= 0.3 is 0 Å². The summed E-state index contributed by atoms with van der Waals surface area (Å²) in [6.45, 7) is 3.76. The van der Waals surface area contributed by atoms with E-state index in [1.807, 2.05) is 49.5 Å². The number of carbonyl (C=O) groups is 1. The fraction of sp³-hybridized carbons (Fsp3) is 0.385. The molecule has 160 valence electrons. The Hall–Kier alpha value is -2.92. The highest BCUT2D eigenvalue weighted by atomic mass is 16.5. The topological polar surface area (TPSA) is 54.5 Å². The van der Waals surface area contributed by atoms with Gasteiger partial charge in [-0.3, -0.25) is 9.78 Å². The van der Waals surface area contributed by atoms with Crippen LogP contribution in [0.1, 0.15) is 47.2 Å². The molecule has 5 heteroatoms. The molecular formula is C26H29N3O2. The van der Waals surface area contributed by atoms with Crippen LogP contribution in [0.4, 0.5) is 0 Å². The van der Waals surface area contributed by atoms with Crippen molar-refractivity contribution in [2.24, 2.45) is 0 Å². The molecule has 2 aliphatic rings. The Morgan fingerprint density at radius 2 is 2.10 bits per heavy atom. The molecule has 0 bridgehead atoms. The van der Waals surface area contributed by atoms with E-state index in [0.29, 0.717) is 18.2 Å². The quantitative estimate of drug-likeness (QED) is 0.647. The van der Waals surface area contributed by atoms with Crippen LogP contribution in [-0.2, 0) is 5.54 Å². The second-order valence-corrected chi connectivity index (χ2v) is 8.98. The van der Waals surface area contributed by atoms with Gasteiger partial charge in [0.25, 0.3) is 5.91 Å². The van der Waals surface area contributed by atoms with Crippen LogP contribution < -0.4 is 10.1 Å². The number of amides is 1. The van der Waals surface area contributed by atoms with Gasteiger partial charge in [0.05, 0.1) is 11.1 Å². The molecule has 1 aromatic heterocycles. The molecule has 1 amide bonds. The van der Waals surface area contributed by atoms with E-state index in [2.05, 4.69) is 34.4 Å². The fourth-order valence-corrected chi connectivity index (χ4v) is 4.71. The number of rotatable bonds is 6. The van der Waals surface area contributed by atoms with Crippen molar-refractivity contribution in [1.82, 2.24) is 15.2 Å². The van der Waals surface area contributed by atoms with E-state index in [0.717, 1.165) is 53.6 Å². The third-order valence-electron chi connectivity index (χ3n) is 6.83. The van der Waals surface area contributed by atoms with Crippen LogP contribution in [0.3, 0.4) is 0 Å². The van der Waals surface area contributed by atoms with Crippen LogP contribution in [0.2, 0.25) is 0 Å². The number of hydrogen-bond acceptors (Lipinski definition) is 4. The highest BCUT2D eigenvalue weighted by Crippen LogP contribution is 2.48. The smallest absolute Gasteiger partial charge is 0.252 e. The first-order chi connectivity index (χ1) is 15.1. The fourth-order valence-electron chi connectivity index (χ4n) is 4.71. The van der Waals surface area contributed by atoms with Crippen molar-refractivity contribution in [3.8, 4) is 5.75 Å². The second-order valence-electron chi connectivity index (χ2n) is 8.98. The number of benzene rings is 2. The lowest BCUT2D eigenvalue weighted by Crippen LogP contribution is -2.35. The van der Waals surface area contributed by atoms with Crippen molar-refractivity contribution in [2.75, 3.05) is 20.2 Å². The Morgan fingerprint density at radius 1 is 1.23 bits per heavy atom. The first-order valence-corrected chi connectivity index (χ1v) is 11.2. The Labute approximate surface area is 183 Å². The first kappa shape index (κ1) is 20.0. The van der Waals surface area contributed by atoms with Gasteiger partial charge in [0, 0.05) is 23.2 Å². The highest BCUT2D eigenvalue weighted by molar-refractivity contribution is 5.97. The number of hydrogen-bond donors (Lipinski definition) is 1. The number of pyridine rings is 1. The average Bonchev–Trinajstić information content (AvgIpc) is 3.45. The predicted octanol–water partition coefficient (Wildman–Crippen LogP) is 4.44. The molecule has 0 radical (unpaired) electrons. The standard InChI is InChI=1S/C26H29N3O2/c1-18-10-11-20(31-17-19-6-5-15-29(19)2)16-22(18)25(30)28-26(12-13-26)23-8-3-9-24-21(23)7-4-14-27-24/h3-4,7-11,14,16,19H,5-6,12-13,15,17H2,1-2H3,(H,28,30). The van der Waals surface area contributed by atoms with Crippen molar-refractivity contribution < 1.29 is 9.53 Å². The summed E-state index contributed by atoms with van der Waals surface area (Å²) >= 11 is 0. The van der Waals surface area contributed by atoms with Gasteiger partial charge in [-0.2, -0.15) is 0 Å². The lowest BCUT2D eigenvalue weighted by atomic mass is 9.98. The molecule has 5 nitrogen and oxygen atoms in total. The van der Waals surface area contributed by atoms with Gasteiger partial charge in [-0.1, -0.05) is 24.3 Å². The summed E-state index contributed by atoms with van der Waals surface area (Å²) in [4.78, 5) is 20.1. The molecule has 2 aromatic carbocycles. The first-order valence-electron chi connectivity index (χ1n) is 11.2. The highest BCUT2D eigenvalue weighted by Gasteiger charge is 2.46. The predicted molar refractivity (Wildman–Crippen MR) is 122 cm³/mol. The van der Waals surface area contributed by atoms with Gasteiger partial charge in [0.15, 0.2) is 0 Å². The molecular weight excluding hydrogens is 386 g/mol. The molecule has 2 fully saturated rings. The number of fused-ring (bicyclic) bond motifs is 1. The lowest BCUT2D eigenvalue weighted by molar-refractivity contribution is 0.0930. The third kappa shape index (κ3) is 3.90. The molecule has 2 heterocycles. The maximum Gasteiger partial charge on any atom is 0.252 e. The maximum atomic E-state index is 13.3. The van der Waals surface area contributed by atoms with Crippen LogP contribution in [0, 0.1) is 6.92 Å². The molecule has 1 unspecified atom stereocenters. The minimum Gasteiger partial charge on any atom is -0.492 e. The Balaban J connectivity index is 1.35. The zero-order chi connectivity index (χ0) is 21.4. The Bertz CT molecular complexity index is 1120. The van der Waals surface area contributed by atoms with Gasteiger partial charge in [-0.05, 0) is 81.6 Å². The molecule has 1 saturated heterocycles. The Morgan fingerprint density at radius 3 is 2.87 bits per heavy atom. The SMILES string of the molecule is Cc1ccc(OCC2CCCN2C)cc1C(=O)NC1(c2cccc3ncccc23)CC1. The molecule has 1 saturated carbocycles. The van der Waals surface area contributed by atoms with E-state index in [4.69, 9.17) is 4.74 Å². The summed E-state index contributed by atoms with van der Waals surface area (Å²) in [5.41, 5.74) is 3.44.